The molecule has 11 rings (SSSR count). The molecule has 0 N–H and O–H groups in total. The molecule has 0 atom stereocenters. The summed E-state index contributed by atoms with van der Waals surface area (Å²) in [5, 5.41) is 8.00. The van der Waals surface area contributed by atoms with Crippen LogP contribution in [0.2, 0.25) is 0 Å². The monoisotopic (exact) mass is 703 g/mol. The topological polar surface area (TPSA) is 43.9 Å². The second-order valence-electron chi connectivity index (χ2n) is 14.2. The second-order valence-corrected chi connectivity index (χ2v) is 14.2. The van der Waals surface area contributed by atoms with Crippen LogP contribution in [0, 0.1) is 0 Å². The van der Waals surface area contributed by atoms with Gasteiger partial charge in [-0.2, -0.15) is 0 Å². The van der Waals surface area contributed by atoms with Crippen LogP contribution in [0.5, 0.6) is 0 Å². The minimum Gasteiger partial charge on any atom is -0.456 e. The molecule has 0 saturated carbocycles. The summed E-state index contributed by atoms with van der Waals surface area (Å²) in [4.78, 5) is 10.8. The molecule has 0 radical (unpaired) electrons. The Morgan fingerprint density at radius 1 is 0.600 bits per heavy atom. The fourth-order valence-corrected chi connectivity index (χ4v) is 8.76. The Morgan fingerprint density at radius 3 is 2.25 bits per heavy atom. The Hall–Kier alpha value is -7.30. The van der Waals surface area contributed by atoms with Crippen molar-refractivity contribution in [2.24, 2.45) is 0 Å². The van der Waals surface area contributed by atoms with E-state index >= 15 is 0 Å². The molecule has 1 aliphatic carbocycles. The molecule has 55 heavy (non-hydrogen) atoms. The van der Waals surface area contributed by atoms with Crippen LogP contribution in [-0.4, -0.2) is 14.5 Å². The van der Waals surface area contributed by atoms with Gasteiger partial charge in [-0.05, 0) is 93.6 Å². The maximum absolute atomic E-state index is 6.21. The summed E-state index contributed by atoms with van der Waals surface area (Å²) in [6, 6.07) is 51.6. The van der Waals surface area contributed by atoms with Crippen molar-refractivity contribution < 1.29 is 4.42 Å². The first kappa shape index (κ1) is 31.2. The zero-order valence-electron chi connectivity index (χ0n) is 30.1. The summed E-state index contributed by atoms with van der Waals surface area (Å²) in [5.74, 6) is 0.635. The van der Waals surface area contributed by atoms with Crippen molar-refractivity contribution >= 4 is 76.6 Å². The number of furan rings is 1. The van der Waals surface area contributed by atoms with Gasteiger partial charge in [0, 0.05) is 32.5 Å². The molecule has 0 unspecified atom stereocenters. The zero-order chi connectivity index (χ0) is 36.6. The molecule has 0 bridgehead atoms. The molecule has 258 valence electrons. The highest BCUT2D eigenvalue weighted by atomic mass is 16.3. The molecule has 0 amide bonds. The highest BCUT2D eigenvalue weighted by Gasteiger charge is 2.28. The Bertz CT molecular complexity index is 3340. The molecule has 4 heteroatoms. The van der Waals surface area contributed by atoms with Gasteiger partial charge in [0.2, 0.25) is 5.95 Å². The van der Waals surface area contributed by atoms with Crippen molar-refractivity contribution in [3.63, 3.8) is 0 Å². The highest BCUT2D eigenvalue weighted by molar-refractivity contribution is 6.31. The van der Waals surface area contributed by atoms with Crippen LogP contribution < -0.4 is 0 Å². The lowest BCUT2D eigenvalue weighted by molar-refractivity contribution is 0.669. The number of benzene rings is 7. The molecule has 0 fully saturated rings. The summed E-state index contributed by atoms with van der Waals surface area (Å²) in [5.41, 5.74) is 13.8. The number of aromatic nitrogens is 3. The van der Waals surface area contributed by atoms with E-state index in [0.29, 0.717) is 5.95 Å². The van der Waals surface area contributed by atoms with Gasteiger partial charge in [0.1, 0.15) is 11.2 Å². The van der Waals surface area contributed by atoms with Gasteiger partial charge in [-0.3, -0.25) is 4.57 Å². The largest absolute Gasteiger partial charge is 0.456 e. The van der Waals surface area contributed by atoms with Crippen molar-refractivity contribution in [3.8, 4) is 17.2 Å². The molecule has 0 aliphatic heterocycles. The predicted octanol–water partition coefficient (Wildman–Crippen LogP) is 13.4. The quantitative estimate of drug-likeness (QED) is 0.162. The number of nitrogens with zero attached hydrogens (tertiary/aromatic N) is 3. The van der Waals surface area contributed by atoms with Crippen molar-refractivity contribution in [1.29, 1.82) is 0 Å². The van der Waals surface area contributed by atoms with Crippen LogP contribution in [0.1, 0.15) is 23.6 Å². The van der Waals surface area contributed by atoms with E-state index in [9.17, 15) is 0 Å². The SMILES string of the molecule is C=C/C=C\C=C(/C)C1=C(c2ccccc2)c2cccc3ccc4c(c23)c2c1cccc2n4-c1nc(-c2ccc3oc4ccccc4c3c2)c2ccccc2n1. The van der Waals surface area contributed by atoms with Crippen molar-refractivity contribution in [3.05, 3.63) is 199 Å². The van der Waals surface area contributed by atoms with Crippen molar-refractivity contribution in [1.82, 2.24) is 14.5 Å². The number of allylic oxidation sites excluding steroid dienone is 6. The van der Waals surface area contributed by atoms with Crippen LogP contribution >= 0.6 is 0 Å². The molecule has 4 nitrogen and oxygen atoms in total. The number of para-hydroxylation sites is 2. The first-order chi connectivity index (χ1) is 27.2. The summed E-state index contributed by atoms with van der Waals surface area (Å²) in [6.45, 7) is 6.13. The van der Waals surface area contributed by atoms with Gasteiger partial charge in [-0.1, -0.05) is 134 Å². The number of hydrogen-bond donors (Lipinski definition) is 0. The lowest BCUT2D eigenvalue weighted by Crippen LogP contribution is -2.04. The average Bonchev–Trinajstić information content (AvgIpc) is 3.74. The minimum absolute atomic E-state index is 0.635. The fraction of sp³-hybridized carbons (Fsp3) is 0.0196. The predicted molar refractivity (Wildman–Crippen MR) is 230 cm³/mol. The molecular formula is C51H33N3O. The van der Waals surface area contributed by atoms with Crippen molar-refractivity contribution in [2.75, 3.05) is 0 Å². The fourth-order valence-electron chi connectivity index (χ4n) is 8.76. The van der Waals surface area contributed by atoms with Crippen LogP contribution in [0.25, 0.3) is 93.8 Å². The van der Waals surface area contributed by atoms with Crippen LogP contribution in [0.3, 0.4) is 0 Å². The maximum atomic E-state index is 6.21. The van der Waals surface area contributed by atoms with E-state index < -0.39 is 0 Å². The smallest absolute Gasteiger partial charge is 0.235 e. The third kappa shape index (κ3) is 4.65. The summed E-state index contributed by atoms with van der Waals surface area (Å²) >= 11 is 0. The van der Waals surface area contributed by atoms with Gasteiger partial charge in [-0.15, -0.1) is 0 Å². The molecular weight excluding hydrogens is 671 g/mol. The third-order valence-corrected chi connectivity index (χ3v) is 11.1. The normalized spacial score (nSPS) is 13.2. The number of hydrogen-bond acceptors (Lipinski definition) is 3. The van der Waals surface area contributed by atoms with Gasteiger partial charge in [0.05, 0.1) is 22.2 Å². The van der Waals surface area contributed by atoms with Crippen molar-refractivity contribution in [2.45, 2.75) is 6.92 Å². The van der Waals surface area contributed by atoms with Gasteiger partial charge in [-0.25, -0.2) is 9.97 Å². The van der Waals surface area contributed by atoms with E-state index in [1.54, 1.807) is 0 Å². The lowest BCUT2D eigenvalue weighted by atomic mass is 9.85. The summed E-state index contributed by atoms with van der Waals surface area (Å²) in [6.07, 6.45) is 8.07. The average molecular weight is 704 g/mol. The van der Waals surface area contributed by atoms with E-state index in [-0.39, 0.29) is 0 Å². The Morgan fingerprint density at radius 2 is 1.36 bits per heavy atom. The van der Waals surface area contributed by atoms with Crippen LogP contribution in [-0.2, 0) is 0 Å². The second kappa shape index (κ2) is 12.1. The van der Waals surface area contributed by atoms with E-state index in [0.717, 1.165) is 55.1 Å². The lowest BCUT2D eigenvalue weighted by Gasteiger charge is -2.19. The van der Waals surface area contributed by atoms with Gasteiger partial charge in [0.15, 0.2) is 0 Å². The van der Waals surface area contributed by atoms with Gasteiger partial charge < -0.3 is 4.42 Å². The molecule has 7 aromatic carbocycles. The van der Waals surface area contributed by atoms with E-state index in [1.165, 1.54) is 55.0 Å². The maximum Gasteiger partial charge on any atom is 0.235 e. The molecule has 10 aromatic rings. The highest BCUT2D eigenvalue weighted by Crippen LogP contribution is 2.50. The molecule has 3 heterocycles. The number of fused-ring (bicyclic) bond motifs is 4. The third-order valence-electron chi connectivity index (χ3n) is 11.1. The molecule has 0 spiro atoms. The molecule has 1 aliphatic rings. The molecule has 0 saturated heterocycles. The zero-order valence-corrected chi connectivity index (χ0v) is 30.1. The summed E-state index contributed by atoms with van der Waals surface area (Å²) < 4.78 is 8.48. The first-order valence-corrected chi connectivity index (χ1v) is 18.6. The van der Waals surface area contributed by atoms with Crippen LogP contribution in [0.4, 0.5) is 0 Å². The standard InChI is InChI=1S/C51H33N3O/c1-3-4-6-15-31(2)45-37-22-14-24-41-48(37)49-42(28-26-33-18-13-21-38(47(33)49)46(45)32-16-7-5-8-17-32)54(41)51-52-40-23-11-9-20-36(40)50(53-51)34-27-29-44-39(30-34)35-19-10-12-25-43(35)55-44/h3-30H,1H2,2H3/b6-4-,31-15+. The summed E-state index contributed by atoms with van der Waals surface area (Å²) in [7, 11) is 0. The molecule has 3 aromatic heterocycles. The van der Waals surface area contributed by atoms with Crippen LogP contribution in [0.15, 0.2) is 186 Å². The van der Waals surface area contributed by atoms with E-state index in [2.05, 4.69) is 164 Å². The van der Waals surface area contributed by atoms with Gasteiger partial charge in [0.25, 0.3) is 0 Å². The van der Waals surface area contributed by atoms with Gasteiger partial charge >= 0.3 is 0 Å². The Kier molecular flexibility index (Phi) is 6.89. The number of rotatable bonds is 6. The minimum atomic E-state index is 0.635. The Balaban J connectivity index is 1.25. The Labute approximate surface area is 317 Å². The van der Waals surface area contributed by atoms with E-state index in [4.69, 9.17) is 14.4 Å². The first-order valence-electron chi connectivity index (χ1n) is 18.6. The van der Waals surface area contributed by atoms with E-state index in [1.807, 2.05) is 24.3 Å².